The molecule has 0 aromatic heterocycles. The van der Waals surface area contributed by atoms with Gasteiger partial charge in [0, 0.05) is 28.4 Å². The molecule has 2 aromatic rings. The maximum atomic E-state index is 12.6. The van der Waals surface area contributed by atoms with Crippen LogP contribution < -0.4 is 5.32 Å². The Morgan fingerprint density at radius 1 is 1.20 bits per heavy atom. The topological polar surface area (TPSA) is 110 Å². The fourth-order valence-corrected chi connectivity index (χ4v) is 3.70. The van der Waals surface area contributed by atoms with Gasteiger partial charge in [0.15, 0.2) is 0 Å². The second-order valence-electron chi connectivity index (χ2n) is 6.58. The molecule has 10 heteroatoms. The molecule has 1 saturated heterocycles. The van der Waals surface area contributed by atoms with Crippen LogP contribution in [-0.2, 0) is 9.59 Å². The van der Waals surface area contributed by atoms with Gasteiger partial charge < -0.3 is 5.32 Å². The molecule has 3 amide bonds. The highest BCUT2D eigenvalue weighted by Crippen LogP contribution is 2.34. The van der Waals surface area contributed by atoms with Crippen molar-refractivity contribution in [3.63, 3.8) is 0 Å². The Kier molecular flexibility index (Phi) is 6.23. The highest BCUT2D eigenvalue weighted by Gasteiger charge is 2.36. The van der Waals surface area contributed by atoms with Gasteiger partial charge in [-0.2, -0.15) is 0 Å². The van der Waals surface area contributed by atoms with Crippen molar-refractivity contribution >= 4 is 57.9 Å². The van der Waals surface area contributed by atoms with E-state index in [0.29, 0.717) is 17.4 Å². The van der Waals surface area contributed by atoms with E-state index in [0.717, 1.165) is 16.0 Å². The van der Waals surface area contributed by atoms with E-state index in [1.165, 1.54) is 24.3 Å². The minimum atomic E-state index is -0.664. The Labute approximate surface area is 181 Å². The number of non-ortho nitro benzene ring substituents is 1. The predicted molar refractivity (Wildman–Crippen MR) is 115 cm³/mol. The van der Waals surface area contributed by atoms with E-state index in [1.807, 2.05) is 19.9 Å². The van der Waals surface area contributed by atoms with Crippen molar-refractivity contribution in [2.45, 2.75) is 13.8 Å². The van der Waals surface area contributed by atoms with E-state index in [9.17, 15) is 24.5 Å². The second-order valence-corrected chi connectivity index (χ2v) is 7.98. The highest BCUT2D eigenvalue weighted by atomic mass is 35.5. The lowest BCUT2D eigenvalue weighted by Crippen LogP contribution is -2.36. The first kappa shape index (κ1) is 21.5. The molecule has 3 rings (SSSR count). The van der Waals surface area contributed by atoms with E-state index >= 15 is 0 Å². The number of halogens is 1. The van der Waals surface area contributed by atoms with Crippen LogP contribution in [0.4, 0.5) is 16.2 Å². The summed E-state index contributed by atoms with van der Waals surface area (Å²) in [6.45, 7) is 3.41. The number of nitrogens with one attached hydrogen (secondary N) is 1. The van der Waals surface area contributed by atoms with Gasteiger partial charge >= 0.3 is 0 Å². The van der Waals surface area contributed by atoms with Crippen LogP contribution in [0.15, 0.2) is 41.3 Å². The number of thioether (sulfide) groups is 1. The number of rotatable bonds is 5. The minimum absolute atomic E-state index is 0.0291. The molecular weight excluding hydrogens is 430 g/mol. The smallest absolute Gasteiger partial charge is 0.294 e. The van der Waals surface area contributed by atoms with Crippen LogP contribution >= 0.6 is 23.4 Å². The lowest BCUT2D eigenvalue weighted by atomic mass is 10.1. The van der Waals surface area contributed by atoms with Gasteiger partial charge in [0.25, 0.3) is 16.8 Å². The Balaban J connectivity index is 1.75. The van der Waals surface area contributed by atoms with Crippen LogP contribution in [-0.4, -0.2) is 33.4 Å². The van der Waals surface area contributed by atoms with Crippen LogP contribution in [0.5, 0.6) is 0 Å². The van der Waals surface area contributed by atoms with Crippen LogP contribution in [0, 0.1) is 24.0 Å². The fourth-order valence-electron chi connectivity index (χ4n) is 2.70. The van der Waals surface area contributed by atoms with Gasteiger partial charge in [-0.3, -0.25) is 29.4 Å². The molecule has 0 atom stereocenters. The van der Waals surface area contributed by atoms with Crippen molar-refractivity contribution < 1.29 is 19.3 Å². The highest BCUT2D eigenvalue weighted by molar-refractivity contribution is 8.18. The number of anilines is 1. The quantitative estimate of drug-likeness (QED) is 0.411. The number of hydrogen-bond acceptors (Lipinski definition) is 6. The largest absolute Gasteiger partial charge is 0.325 e. The van der Waals surface area contributed by atoms with Crippen molar-refractivity contribution in [1.82, 2.24) is 4.90 Å². The van der Waals surface area contributed by atoms with E-state index < -0.39 is 28.5 Å². The fraction of sp³-hybridized carbons (Fsp3) is 0.150. The zero-order valence-corrected chi connectivity index (χ0v) is 17.5. The number of aryl methyl sites for hydroxylation is 2. The maximum Gasteiger partial charge on any atom is 0.294 e. The van der Waals surface area contributed by atoms with E-state index in [2.05, 4.69) is 5.32 Å². The molecule has 0 radical (unpaired) electrons. The van der Waals surface area contributed by atoms with Gasteiger partial charge in [-0.15, -0.1) is 0 Å². The molecule has 1 aliphatic rings. The summed E-state index contributed by atoms with van der Waals surface area (Å²) in [5.41, 5.74) is 2.67. The Hall–Kier alpha value is -3.17. The average molecular weight is 446 g/mol. The molecule has 1 heterocycles. The molecule has 0 saturated carbocycles. The van der Waals surface area contributed by atoms with Gasteiger partial charge in [0.2, 0.25) is 5.91 Å². The molecule has 154 valence electrons. The van der Waals surface area contributed by atoms with Gasteiger partial charge in [-0.05, 0) is 61.0 Å². The lowest BCUT2D eigenvalue weighted by Gasteiger charge is -2.13. The summed E-state index contributed by atoms with van der Waals surface area (Å²) in [6.07, 6.45) is 1.31. The number of carbonyl (C=O) groups excluding carboxylic acids is 3. The SMILES string of the molecule is Cc1ccc(NC(=O)CN2C(=O)S/C(=C/c3cc([N+](=O)[O-])ccc3Cl)C2=O)cc1C. The van der Waals surface area contributed by atoms with Crippen LogP contribution in [0.25, 0.3) is 6.08 Å². The van der Waals surface area contributed by atoms with Crippen LogP contribution in [0.3, 0.4) is 0 Å². The van der Waals surface area contributed by atoms with Gasteiger partial charge in [0.1, 0.15) is 6.54 Å². The number of nitro benzene ring substituents is 1. The molecule has 0 bridgehead atoms. The van der Waals surface area contributed by atoms with E-state index in [-0.39, 0.29) is 21.2 Å². The maximum absolute atomic E-state index is 12.6. The number of nitrogens with zero attached hydrogens (tertiary/aromatic N) is 2. The van der Waals surface area contributed by atoms with Crippen molar-refractivity contribution in [3.8, 4) is 0 Å². The summed E-state index contributed by atoms with van der Waals surface area (Å²) < 4.78 is 0. The number of benzene rings is 2. The standard InChI is InChI=1S/C20H16ClN3O5S/c1-11-3-4-14(7-12(11)2)22-18(25)10-23-19(26)17(30-20(23)27)9-13-8-15(24(28)29)5-6-16(13)21/h3-9H,10H2,1-2H3,(H,22,25)/b17-9+. The van der Waals surface area contributed by atoms with Gasteiger partial charge in [0.05, 0.1) is 9.83 Å². The summed E-state index contributed by atoms with van der Waals surface area (Å²) in [5.74, 6) is -1.18. The first-order valence-corrected chi connectivity index (χ1v) is 9.91. The third-order valence-corrected chi connectivity index (χ3v) is 5.69. The normalized spacial score (nSPS) is 15.0. The van der Waals surface area contributed by atoms with Crippen molar-refractivity contribution in [2.75, 3.05) is 11.9 Å². The van der Waals surface area contributed by atoms with Crippen LogP contribution in [0.1, 0.15) is 16.7 Å². The summed E-state index contributed by atoms with van der Waals surface area (Å²) >= 11 is 6.69. The minimum Gasteiger partial charge on any atom is -0.325 e. The lowest BCUT2D eigenvalue weighted by molar-refractivity contribution is -0.384. The molecule has 1 aliphatic heterocycles. The third-order valence-electron chi connectivity index (χ3n) is 4.44. The molecule has 30 heavy (non-hydrogen) atoms. The molecule has 1 fully saturated rings. The molecule has 0 spiro atoms. The summed E-state index contributed by atoms with van der Waals surface area (Å²) in [4.78, 5) is 48.4. The summed E-state index contributed by atoms with van der Waals surface area (Å²) in [6, 6.07) is 9.18. The first-order chi connectivity index (χ1) is 14.2. The summed E-state index contributed by atoms with van der Waals surface area (Å²) in [5, 5.41) is 13.2. The monoisotopic (exact) mass is 445 g/mol. The Bertz CT molecular complexity index is 1120. The number of imide groups is 1. The molecular formula is C20H16ClN3O5S. The molecule has 8 nitrogen and oxygen atoms in total. The van der Waals surface area contributed by atoms with Crippen molar-refractivity contribution in [3.05, 3.63) is 73.1 Å². The zero-order chi connectivity index (χ0) is 22.0. The Morgan fingerprint density at radius 2 is 1.93 bits per heavy atom. The molecule has 0 unspecified atom stereocenters. The van der Waals surface area contributed by atoms with Gasteiger partial charge in [-0.25, -0.2) is 0 Å². The molecule has 1 N–H and O–H groups in total. The van der Waals surface area contributed by atoms with Crippen molar-refractivity contribution in [1.29, 1.82) is 0 Å². The number of hydrogen-bond donors (Lipinski definition) is 1. The Morgan fingerprint density at radius 3 is 2.60 bits per heavy atom. The van der Waals surface area contributed by atoms with Crippen LogP contribution in [0.2, 0.25) is 5.02 Å². The second kappa shape index (κ2) is 8.68. The van der Waals surface area contributed by atoms with E-state index in [1.54, 1.807) is 12.1 Å². The van der Waals surface area contributed by atoms with Gasteiger partial charge in [-0.1, -0.05) is 17.7 Å². The number of carbonyl (C=O) groups is 3. The van der Waals surface area contributed by atoms with Crippen molar-refractivity contribution in [2.24, 2.45) is 0 Å². The number of nitro groups is 1. The predicted octanol–water partition coefficient (Wildman–Crippen LogP) is 4.54. The number of amides is 3. The average Bonchev–Trinajstić information content (AvgIpc) is 2.93. The van der Waals surface area contributed by atoms with E-state index in [4.69, 9.17) is 11.6 Å². The summed E-state index contributed by atoms with van der Waals surface area (Å²) in [7, 11) is 0. The zero-order valence-electron chi connectivity index (χ0n) is 16.0. The third kappa shape index (κ3) is 4.69. The molecule has 0 aliphatic carbocycles. The molecule has 2 aromatic carbocycles. The first-order valence-electron chi connectivity index (χ1n) is 8.72.